The van der Waals surface area contributed by atoms with Crippen molar-refractivity contribution >= 4 is 44.8 Å². The Balaban J connectivity index is 1.91. The normalized spacial score (nSPS) is 16.9. The summed E-state index contributed by atoms with van der Waals surface area (Å²) in [5, 5.41) is 3.39. The lowest BCUT2D eigenvalue weighted by molar-refractivity contribution is 0.0161. The van der Waals surface area contributed by atoms with E-state index in [0.717, 1.165) is 43.4 Å². The van der Waals surface area contributed by atoms with Crippen LogP contribution < -0.4 is 0 Å². The van der Waals surface area contributed by atoms with Crippen LogP contribution >= 0.6 is 38.9 Å². The first-order valence-electron chi connectivity index (χ1n) is 6.34. The third-order valence-corrected chi connectivity index (χ3v) is 5.26. The standard InChI is InChI=1S/C13H17BrClNO2S/c1-9-8-19-12(11(9)15)13(17)16-5-2-10(3-6-16)18-7-4-14/h8,10H,2-7H2,1H3. The van der Waals surface area contributed by atoms with E-state index in [4.69, 9.17) is 16.3 Å². The number of alkyl halides is 1. The first kappa shape index (κ1) is 15.3. The van der Waals surface area contributed by atoms with E-state index in [9.17, 15) is 4.79 Å². The van der Waals surface area contributed by atoms with E-state index in [1.165, 1.54) is 11.3 Å². The van der Waals surface area contributed by atoms with Gasteiger partial charge in [0.1, 0.15) is 4.88 Å². The molecule has 0 saturated carbocycles. The van der Waals surface area contributed by atoms with Crippen molar-refractivity contribution in [1.82, 2.24) is 4.90 Å². The minimum Gasteiger partial charge on any atom is -0.377 e. The van der Waals surface area contributed by atoms with Crippen LogP contribution in [0.25, 0.3) is 0 Å². The van der Waals surface area contributed by atoms with Gasteiger partial charge in [-0.15, -0.1) is 11.3 Å². The molecule has 0 radical (unpaired) electrons. The number of aryl methyl sites for hydroxylation is 1. The number of carbonyl (C=O) groups is 1. The fourth-order valence-corrected chi connectivity index (χ4v) is 3.58. The van der Waals surface area contributed by atoms with E-state index in [0.29, 0.717) is 9.90 Å². The van der Waals surface area contributed by atoms with Crippen molar-refractivity contribution in [1.29, 1.82) is 0 Å². The summed E-state index contributed by atoms with van der Waals surface area (Å²) in [4.78, 5) is 14.9. The number of nitrogens with zero attached hydrogens (tertiary/aromatic N) is 1. The lowest BCUT2D eigenvalue weighted by Crippen LogP contribution is -2.40. The molecular formula is C13H17BrClNO2S. The summed E-state index contributed by atoms with van der Waals surface area (Å²) in [6.45, 7) is 4.16. The van der Waals surface area contributed by atoms with E-state index in [2.05, 4.69) is 15.9 Å². The summed E-state index contributed by atoms with van der Waals surface area (Å²) in [5.74, 6) is 0.0574. The van der Waals surface area contributed by atoms with Crippen LogP contribution in [0.5, 0.6) is 0 Å². The zero-order valence-electron chi connectivity index (χ0n) is 10.8. The average Bonchev–Trinajstić information content (AvgIpc) is 2.76. The van der Waals surface area contributed by atoms with Crippen LogP contribution in [0.1, 0.15) is 28.1 Å². The summed E-state index contributed by atoms with van der Waals surface area (Å²) >= 11 is 10.9. The number of ether oxygens (including phenoxy) is 1. The minimum atomic E-state index is 0.0574. The molecule has 0 spiro atoms. The second-order valence-electron chi connectivity index (χ2n) is 4.61. The highest BCUT2D eigenvalue weighted by Crippen LogP contribution is 2.29. The van der Waals surface area contributed by atoms with Gasteiger partial charge >= 0.3 is 0 Å². The third kappa shape index (κ3) is 3.72. The minimum absolute atomic E-state index is 0.0574. The van der Waals surface area contributed by atoms with Crippen molar-refractivity contribution in [2.75, 3.05) is 25.0 Å². The number of halogens is 2. The molecule has 106 valence electrons. The molecule has 1 aromatic rings. The SMILES string of the molecule is Cc1csc(C(=O)N2CCC(OCCBr)CC2)c1Cl. The predicted molar refractivity (Wildman–Crippen MR) is 82.7 cm³/mol. The van der Waals surface area contributed by atoms with E-state index in [1.54, 1.807) is 0 Å². The zero-order chi connectivity index (χ0) is 13.8. The Bertz CT molecular complexity index is 444. The van der Waals surface area contributed by atoms with Crippen LogP contribution in [0.3, 0.4) is 0 Å². The predicted octanol–water partition coefficient (Wildman–Crippen LogP) is 3.73. The van der Waals surface area contributed by atoms with Crippen molar-refractivity contribution in [3.05, 3.63) is 20.8 Å². The third-order valence-electron chi connectivity index (χ3n) is 3.25. The van der Waals surface area contributed by atoms with E-state index < -0.39 is 0 Å². The highest BCUT2D eigenvalue weighted by molar-refractivity contribution is 9.09. The van der Waals surface area contributed by atoms with Gasteiger partial charge in [-0.3, -0.25) is 4.79 Å². The maximum absolute atomic E-state index is 12.4. The maximum atomic E-state index is 12.4. The molecule has 1 aromatic heterocycles. The molecule has 0 aliphatic carbocycles. The number of hydrogen-bond donors (Lipinski definition) is 0. The smallest absolute Gasteiger partial charge is 0.265 e. The van der Waals surface area contributed by atoms with Gasteiger partial charge in [0.15, 0.2) is 0 Å². The molecule has 1 amide bonds. The average molecular weight is 367 g/mol. The quantitative estimate of drug-likeness (QED) is 0.760. The van der Waals surface area contributed by atoms with Gasteiger partial charge in [-0.25, -0.2) is 0 Å². The van der Waals surface area contributed by atoms with Crippen LogP contribution in [-0.4, -0.2) is 41.9 Å². The number of hydrogen-bond acceptors (Lipinski definition) is 3. The lowest BCUT2D eigenvalue weighted by Gasteiger charge is -2.31. The number of carbonyl (C=O) groups excluding carboxylic acids is 1. The number of rotatable bonds is 4. The largest absolute Gasteiger partial charge is 0.377 e. The monoisotopic (exact) mass is 365 g/mol. The Hall–Kier alpha value is -0.100. The summed E-state index contributed by atoms with van der Waals surface area (Å²) in [7, 11) is 0. The van der Waals surface area contributed by atoms with Gasteiger partial charge in [0.05, 0.1) is 17.7 Å². The Morgan fingerprint density at radius 2 is 2.26 bits per heavy atom. The molecule has 6 heteroatoms. The van der Waals surface area contributed by atoms with Gasteiger partial charge in [0.2, 0.25) is 0 Å². The van der Waals surface area contributed by atoms with Crippen molar-refractivity contribution in [2.24, 2.45) is 0 Å². The highest BCUT2D eigenvalue weighted by atomic mass is 79.9. The molecule has 0 unspecified atom stereocenters. The van der Waals surface area contributed by atoms with Gasteiger partial charge in [0.25, 0.3) is 5.91 Å². The summed E-state index contributed by atoms with van der Waals surface area (Å²) in [6.07, 6.45) is 2.09. The van der Waals surface area contributed by atoms with Gasteiger partial charge < -0.3 is 9.64 Å². The molecule has 0 atom stereocenters. The van der Waals surface area contributed by atoms with Crippen LogP contribution in [0, 0.1) is 6.92 Å². The Labute approximate surface area is 131 Å². The summed E-state index contributed by atoms with van der Waals surface area (Å²) in [6, 6.07) is 0. The maximum Gasteiger partial charge on any atom is 0.265 e. The fourth-order valence-electron chi connectivity index (χ4n) is 2.15. The van der Waals surface area contributed by atoms with Crippen LogP contribution in [0.4, 0.5) is 0 Å². The molecule has 2 rings (SSSR count). The van der Waals surface area contributed by atoms with Gasteiger partial charge in [-0.05, 0) is 30.7 Å². The Morgan fingerprint density at radius 1 is 1.58 bits per heavy atom. The number of thiophene rings is 1. The Kier molecular flexibility index (Phi) is 5.69. The summed E-state index contributed by atoms with van der Waals surface area (Å²) < 4.78 is 5.69. The zero-order valence-corrected chi connectivity index (χ0v) is 14.0. The van der Waals surface area contributed by atoms with Crippen molar-refractivity contribution < 1.29 is 9.53 Å². The lowest BCUT2D eigenvalue weighted by atomic mass is 10.1. The molecule has 19 heavy (non-hydrogen) atoms. The molecular weight excluding hydrogens is 350 g/mol. The van der Waals surface area contributed by atoms with E-state index >= 15 is 0 Å². The van der Waals surface area contributed by atoms with Gasteiger partial charge in [-0.1, -0.05) is 27.5 Å². The molecule has 0 bridgehead atoms. The van der Waals surface area contributed by atoms with Crippen molar-refractivity contribution in [2.45, 2.75) is 25.9 Å². The Morgan fingerprint density at radius 3 is 2.79 bits per heavy atom. The summed E-state index contributed by atoms with van der Waals surface area (Å²) in [5.41, 5.74) is 0.977. The first-order chi connectivity index (χ1) is 9.13. The van der Waals surface area contributed by atoms with E-state index in [1.807, 2.05) is 17.2 Å². The molecule has 1 saturated heterocycles. The molecule has 3 nitrogen and oxygen atoms in total. The van der Waals surface area contributed by atoms with E-state index in [-0.39, 0.29) is 12.0 Å². The molecule has 0 aromatic carbocycles. The van der Waals surface area contributed by atoms with Crippen LogP contribution in [0.2, 0.25) is 5.02 Å². The molecule has 1 aliphatic heterocycles. The number of amides is 1. The van der Waals surface area contributed by atoms with Crippen molar-refractivity contribution in [3.63, 3.8) is 0 Å². The topological polar surface area (TPSA) is 29.5 Å². The second kappa shape index (κ2) is 7.07. The first-order valence-corrected chi connectivity index (χ1v) is 8.71. The molecule has 1 fully saturated rings. The van der Waals surface area contributed by atoms with Crippen molar-refractivity contribution in [3.8, 4) is 0 Å². The second-order valence-corrected chi connectivity index (χ2v) is 6.66. The molecule has 2 heterocycles. The van der Waals surface area contributed by atoms with Crippen LogP contribution in [0.15, 0.2) is 5.38 Å². The number of piperidine rings is 1. The van der Waals surface area contributed by atoms with Gasteiger partial charge in [0, 0.05) is 18.4 Å². The molecule has 0 N–H and O–H groups in total. The number of likely N-dealkylation sites (tertiary alicyclic amines) is 1. The highest BCUT2D eigenvalue weighted by Gasteiger charge is 2.26. The fraction of sp³-hybridized carbons (Fsp3) is 0.615. The van der Waals surface area contributed by atoms with Gasteiger partial charge in [-0.2, -0.15) is 0 Å². The van der Waals surface area contributed by atoms with Crippen LogP contribution in [-0.2, 0) is 4.74 Å². The molecule has 1 aliphatic rings.